The van der Waals surface area contributed by atoms with Gasteiger partial charge in [-0.2, -0.15) is 0 Å². The average Bonchev–Trinajstić information content (AvgIpc) is 2.48. The van der Waals surface area contributed by atoms with Crippen molar-refractivity contribution in [1.82, 2.24) is 10.2 Å². The predicted molar refractivity (Wildman–Crippen MR) is 73.2 cm³/mol. The van der Waals surface area contributed by atoms with E-state index >= 15 is 0 Å². The van der Waals surface area contributed by atoms with Crippen LogP contribution in [0.15, 0.2) is 18.2 Å². The zero-order valence-corrected chi connectivity index (χ0v) is 11.7. The highest BCUT2D eigenvalue weighted by Crippen LogP contribution is 2.18. The van der Waals surface area contributed by atoms with Gasteiger partial charge in [0.05, 0.1) is 6.54 Å². The van der Waals surface area contributed by atoms with Gasteiger partial charge in [-0.05, 0) is 32.3 Å². The third-order valence-corrected chi connectivity index (χ3v) is 3.72. The summed E-state index contributed by atoms with van der Waals surface area (Å²) in [5, 5.41) is 2.97. The van der Waals surface area contributed by atoms with Crippen molar-refractivity contribution >= 4 is 5.91 Å². The molecule has 1 aliphatic heterocycles. The molecule has 2 rings (SSSR count). The molecule has 1 aromatic carbocycles. The first kappa shape index (κ1) is 14.9. The van der Waals surface area contributed by atoms with Crippen LogP contribution in [0.4, 0.5) is 8.78 Å². The van der Waals surface area contributed by atoms with E-state index in [0.29, 0.717) is 0 Å². The van der Waals surface area contributed by atoms with Crippen molar-refractivity contribution in [2.45, 2.75) is 32.2 Å². The van der Waals surface area contributed by atoms with E-state index in [4.69, 9.17) is 0 Å². The van der Waals surface area contributed by atoms with Gasteiger partial charge in [-0.15, -0.1) is 0 Å². The van der Waals surface area contributed by atoms with E-state index in [2.05, 4.69) is 5.32 Å². The van der Waals surface area contributed by atoms with Crippen LogP contribution in [0.1, 0.15) is 37.8 Å². The second-order valence-electron chi connectivity index (χ2n) is 5.19. The van der Waals surface area contributed by atoms with Crippen LogP contribution in [0.25, 0.3) is 0 Å². The average molecular weight is 282 g/mol. The van der Waals surface area contributed by atoms with Gasteiger partial charge in [0.15, 0.2) is 11.6 Å². The Hall–Kier alpha value is -1.49. The number of carbonyl (C=O) groups is 1. The minimum absolute atomic E-state index is 0.0216. The molecule has 20 heavy (non-hydrogen) atoms. The predicted octanol–water partition coefficient (Wildman–Crippen LogP) is 2.63. The Balaban J connectivity index is 1.89. The first-order valence-corrected chi connectivity index (χ1v) is 7.04. The van der Waals surface area contributed by atoms with Crippen LogP contribution < -0.4 is 5.32 Å². The van der Waals surface area contributed by atoms with Gasteiger partial charge in [-0.1, -0.05) is 12.1 Å². The molecule has 1 amide bonds. The van der Waals surface area contributed by atoms with Crippen LogP contribution in [-0.4, -0.2) is 30.4 Å². The fraction of sp³-hybridized carbons (Fsp3) is 0.533. The lowest BCUT2D eigenvalue weighted by Gasteiger charge is -2.27. The minimum Gasteiger partial charge on any atom is -0.342 e. The lowest BCUT2D eigenvalue weighted by Crippen LogP contribution is -2.41. The Kier molecular flexibility index (Phi) is 5.06. The summed E-state index contributed by atoms with van der Waals surface area (Å²) in [4.78, 5) is 13.8. The standard InChI is InChI=1S/C15H20F2N2O/c1-11(12-6-5-7-13(16)15(12)17)18-10-14(20)19-8-3-2-4-9-19/h5-7,11,18H,2-4,8-10H2,1H3. The zero-order valence-electron chi connectivity index (χ0n) is 11.7. The van der Waals surface area contributed by atoms with E-state index in [-0.39, 0.29) is 18.0 Å². The Bertz CT molecular complexity index is 473. The molecule has 0 bridgehead atoms. The quantitative estimate of drug-likeness (QED) is 0.920. The molecule has 1 aliphatic rings. The van der Waals surface area contributed by atoms with Crippen molar-refractivity contribution < 1.29 is 13.6 Å². The Morgan fingerprint density at radius 3 is 2.70 bits per heavy atom. The van der Waals surface area contributed by atoms with E-state index in [1.807, 2.05) is 4.90 Å². The second-order valence-corrected chi connectivity index (χ2v) is 5.19. The number of halogens is 2. The molecule has 1 saturated heterocycles. The maximum Gasteiger partial charge on any atom is 0.236 e. The molecule has 1 atom stereocenters. The van der Waals surface area contributed by atoms with Crippen molar-refractivity contribution in [1.29, 1.82) is 0 Å². The topological polar surface area (TPSA) is 32.3 Å². The first-order chi connectivity index (χ1) is 9.59. The Morgan fingerprint density at radius 1 is 1.30 bits per heavy atom. The number of likely N-dealkylation sites (tertiary alicyclic amines) is 1. The number of piperidine rings is 1. The summed E-state index contributed by atoms with van der Waals surface area (Å²) < 4.78 is 26.8. The maximum atomic E-state index is 13.6. The van der Waals surface area contributed by atoms with Crippen molar-refractivity contribution in [3.05, 3.63) is 35.4 Å². The SMILES string of the molecule is CC(NCC(=O)N1CCCCC1)c1cccc(F)c1F. The highest BCUT2D eigenvalue weighted by molar-refractivity contribution is 5.78. The Morgan fingerprint density at radius 2 is 2.00 bits per heavy atom. The number of nitrogens with one attached hydrogen (secondary N) is 1. The molecule has 1 N–H and O–H groups in total. The number of amides is 1. The number of hydrogen-bond donors (Lipinski definition) is 1. The number of rotatable bonds is 4. The fourth-order valence-corrected chi connectivity index (χ4v) is 2.46. The third kappa shape index (κ3) is 3.54. The zero-order chi connectivity index (χ0) is 14.5. The molecular formula is C15H20F2N2O. The number of nitrogens with zero attached hydrogens (tertiary/aromatic N) is 1. The van der Waals surface area contributed by atoms with Gasteiger partial charge in [0.1, 0.15) is 0 Å². The normalized spacial score (nSPS) is 17.1. The minimum atomic E-state index is -0.862. The summed E-state index contributed by atoms with van der Waals surface area (Å²) >= 11 is 0. The van der Waals surface area contributed by atoms with E-state index in [1.165, 1.54) is 18.6 Å². The van der Waals surface area contributed by atoms with Gasteiger partial charge in [0.25, 0.3) is 0 Å². The summed E-state index contributed by atoms with van der Waals surface area (Å²) in [5.74, 6) is -1.69. The fourth-order valence-electron chi connectivity index (χ4n) is 2.46. The largest absolute Gasteiger partial charge is 0.342 e. The van der Waals surface area contributed by atoms with E-state index in [0.717, 1.165) is 32.0 Å². The number of hydrogen-bond acceptors (Lipinski definition) is 2. The Labute approximate surface area is 118 Å². The maximum absolute atomic E-state index is 13.6. The molecule has 1 fully saturated rings. The number of carbonyl (C=O) groups excluding carboxylic acids is 1. The molecule has 1 unspecified atom stereocenters. The molecule has 110 valence electrons. The van der Waals surface area contributed by atoms with Crippen LogP contribution in [-0.2, 0) is 4.79 Å². The lowest BCUT2D eigenvalue weighted by molar-refractivity contribution is -0.131. The van der Waals surface area contributed by atoms with E-state index in [9.17, 15) is 13.6 Å². The van der Waals surface area contributed by atoms with E-state index in [1.54, 1.807) is 6.92 Å². The summed E-state index contributed by atoms with van der Waals surface area (Å²) in [6, 6.07) is 3.68. The van der Waals surface area contributed by atoms with Crippen LogP contribution in [0.2, 0.25) is 0 Å². The van der Waals surface area contributed by atoms with Crippen LogP contribution in [0, 0.1) is 11.6 Å². The molecule has 0 aromatic heterocycles. The second kappa shape index (κ2) is 6.79. The molecule has 1 heterocycles. The van der Waals surface area contributed by atoms with Crippen molar-refractivity contribution in [3.63, 3.8) is 0 Å². The summed E-state index contributed by atoms with van der Waals surface area (Å²) in [7, 11) is 0. The highest BCUT2D eigenvalue weighted by Gasteiger charge is 2.18. The van der Waals surface area contributed by atoms with Gasteiger partial charge in [0, 0.05) is 24.7 Å². The summed E-state index contributed by atoms with van der Waals surface area (Å²) in [5.41, 5.74) is 0.247. The molecule has 0 spiro atoms. The van der Waals surface area contributed by atoms with Crippen LogP contribution in [0.5, 0.6) is 0 Å². The van der Waals surface area contributed by atoms with Crippen molar-refractivity contribution in [2.75, 3.05) is 19.6 Å². The van der Waals surface area contributed by atoms with Gasteiger partial charge in [-0.3, -0.25) is 4.79 Å². The molecule has 0 radical (unpaired) electrons. The molecule has 5 heteroatoms. The lowest BCUT2D eigenvalue weighted by atomic mass is 10.1. The van der Waals surface area contributed by atoms with Crippen LogP contribution in [0.3, 0.4) is 0 Å². The van der Waals surface area contributed by atoms with Crippen LogP contribution >= 0.6 is 0 Å². The molecule has 3 nitrogen and oxygen atoms in total. The number of benzene rings is 1. The summed E-state index contributed by atoms with van der Waals surface area (Å²) in [6.45, 7) is 3.46. The monoisotopic (exact) mass is 282 g/mol. The molecule has 0 aliphatic carbocycles. The van der Waals surface area contributed by atoms with Gasteiger partial charge < -0.3 is 10.2 Å². The van der Waals surface area contributed by atoms with E-state index < -0.39 is 17.7 Å². The van der Waals surface area contributed by atoms with Gasteiger partial charge in [-0.25, -0.2) is 8.78 Å². The first-order valence-electron chi connectivity index (χ1n) is 7.04. The highest BCUT2D eigenvalue weighted by atomic mass is 19.2. The van der Waals surface area contributed by atoms with Crippen molar-refractivity contribution in [2.24, 2.45) is 0 Å². The molecule has 0 saturated carbocycles. The van der Waals surface area contributed by atoms with Gasteiger partial charge in [0.2, 0.25) is 5.91 Å². The third-order valence-electron chi connectivity index (χ3n) is 3.72. The molecule has 1 aromatic rings. The summed E-state index contributed by atoms with van der Waals surface area (Å²) in [6.07, 6.45) is 3.25. The molecular weight excluding hydrogens is 262 g/mol. The smallest absolute Gasteiger partial charge is 0.236 e. The van der Waals surface area contributed by atoms with Crippen molar-refractivity contribution in [3.8, 4) is 0 Å². The van der Waals surface area contributed by atoms with Gasteiger partial charge >= 0.3 is 0 Å².